The number of rotatable bonds is 2. The predicted molar refractivity (Wildman–Crippen MR) is 73.0 cm³/mol. The van der Waals surface area contributed by atoms with E-state index in [0.29, 0.717) is 6.54 Å². The molecule has 1 aromatic carbocycles. The van der Waals surface area contributed by atoms with Gasteiger partial charge in [-0.3, -0.25) is 0 Å². The molecule has 0 aliphatic carbocycles. The van der Waals surface area contributed by atoms with E-state index in [1.807, 2.05) is 12.1 Å². The van der Waals surface area contributed by atoms with E-state index in [4.69, 9.17) is 12.2 Å². The number of imidazole rings is 1. The lowest BCUT2D eigenvalue weighted by Gasteiger charge is -2.03. The third-order valence-electron chi connectivity index (χ3n) is 2.98. The molecule has 3 rings (SSSR count). The molecule has 0 bridgehead atoms. The Balaban J connectivity index is 2.15. The molecule has 2 aromatic heterocycles. The maximum absolute atomic E-state index is 5.38. The van der Waals surface area contributed by atoms with Gasteiger partial charge < -0.3 is 9.55 Å². The molecule has 1 N–H and O–H groups in total. The molecule has 0 atom stereocenters. The summed E-state index contributed by atoms with van der Waals surface area (Å²) in [5.41, 5.74) is 4.35. The summed E-state index contributed by atoms with van der Waals surface area (Å²) in [6, 6.07) is 8.08. The monoisotopic (exact) mass is 256 g/mol. The van der Waals surface area contributed by atoms with E-state index in [-0.39, 0.29) is 0 Å². The van der Waals surface area contributed by atoms with Crippen LogP contribution in [0.1, 0.15) is 11.3 Å². The van der Waals surface area contributed by atoms with Crippen LogP contribution in [-0.4, -0.2) is 19.5 Å². The van der Waals surface area contributed by atoms with Crippen molar-refractivity contribution in [1.82, 2.24) is 19.5 Å². The quantitative estimate of drug-likeness (QED) is 0.717. The van der Waals surface area contributed by atoms with Gasteiger partial charge in [0.05, 0.1) is 23.3 Å². The van der Waals surface area contributed by atoms with Gasteiger partial charge >= 0.3 is 0 Å². The Morgan fingerprint density at radius 1 is 1.33 bits per heavy atom. The molecule has 0 saturated heterocycles. The van der Waals surface area contributed by atoms with Crippen LogP contribution in [0.4, 0.5) is 0 Å². The van der Waals surface area contributed by atoms with Gasteiger partial charge in [0.25, 0.3) is 0 Å². The largest absolute Gasteiger partial charge is 0.330 e. The van der Waals surface area contributed by atoms with Crippen molar-refractivity contribution in [3.8, 4) is 0 Å². The molecule has 0 spiro atoms. The second-order valence-corrected chi connectivity index (χ2v) is 4.57. The number of hydrogen-bond donors (Lipinski definition) is 1. The van der Waals surface area contributed by atoms with E-state index < -0.39 is 0 Å². The van der Waals surface area contributed by atoms with E-state index in [0.717, 1.165) is 21.5 Å². The van der Waals surface area contributed by atoms with Crippen molar-refractivity contribution in [2.75, 3.05) is 0 Å². The van der Waals surface area contributed by atoms with Gasteiger partial charge in [0.15, 0.2) is 4.77 Å². The fourth-order valence-electron chi connectivity index (χ4n) is 2.05. The van der Waals surface area contributed by atoms with Crippen molar-refractivity contribution in [2.45, 2.75) is 13.5 Å². The highest BCUT2D eigenvalue weighted by molar-refractivity contribution is 7.71. The number of aryl methyl sites for hydroxylation is 1. The molecule has 5 heteroatoms. The van der Waals surface area contributed by atoms with Gasteiger partial charge in [-0.1, -0.05) is 12.1 Å². The first kappa shape index (κ1) is 11.1. The highest BCUT2D eigenvalue weighted by Gasteiger charge is 2.06. The van der Waals surface area contributed by atoms with E-state index in [9.17, 15) is 0 Å². The molecule has 0 aliphatic heterocycles. The van der Waals surface area contributed by atoms with Crippen LogP contribution in [-0.2, 0) is 6.54 Å². The zero-order chi connectivity index (χ0) is 12.5. The van der Waals surface area contributed by atoms with Gasteiger partial charge in [-0.2, -0.15) is 0 Å². The van der Waals surface area contributed by atoms with E-state index in [2.05, 4.69) is 38.6 Å². The predicted octanol–water partition coefficient (Wildman–Crippen LogP) is 2.85. The minimum atomic E-state index is 0.658. The third-order valence-corrected chi connectivity index (χ3v) is 3.30. The van der Waals surface area contributed by atoms with Crippen LogP contribution in [0.5, 0.6) is 0 Å². The van der Waals surface area contributed by atoms with Gasteiger partial charge in [-0.05, 0) is 36.8 Å². The Labute approximate surface area is 109 Å². The van der Waals surface area contributed by atoms with Crippen LogP contribution in [0.15, 0.2) is 36.8 Å². The first-order chi connectivity index (χ1) is 8.75. The summed E-state index contributed by atoms with van der Waals surface area (Å²) in [5, 5.41) is 0. The number of hydrogen-bond acceptors (Lipinski definition) is 3. The average Bonchev–Trinajstić information content (AvgIpc) is 2.70. The van der Waals surface area contributed by atoms with Crippen LogP contribution >= 0.6 is 12.2 Å². The molecule has 4 nitrogen and oxygen atoms in total. The second kappa shape index (κ2) is 4.34. The van der Waals surface area contributed by atoms with Crippen LogP contribution in [0.25, 0.3) is 11.0 Å². The minimum Gasteiger partial charge on any atom is -0.330 e. The summed E-state index contributed by atoms with van der Waals surface area (Å²) in [5.74, 6) is 0. The van der Waals surface area contributed by atoms with Crippen LogP contribution in [0.3, 0.4) is 0 Å². The van der Waals surface area contributed by atoms with Gasteiger partial charge in [0.2, 0.25) is 0 Å². The molecule has 0 aliphatic rings. The smallest absolute Gasteiger partial charge is 0.178 e. The van der Waals surface area contributed by atoms with Gasteiger partial charge in [-0.25, -0.2) is 9.97 Å². The Morgan fingerprint density at radius 3 is 3.00 bits per heavy atom. The highest BCUT2D eigenvalue weighted by atomic mass is 32.1. The number of fused-ring (bicyclic) bond motifs is 1. The van der Waals surface area contributed by atoms with Crippen LogP contribution < -0.4 is 0 Å². The number of benzene rings is 1. The summed E-state index contributed by atoms with van der Waals surface area (Å²) < 4.78 is 2.78. The van der Waals surface area contributed by atoms with Crippen molar-refractivity contribution < 1.29 is 0 Å². The molecular weight excluding hydrogens is 244 g/mol. The molecule has 90 valence electrons. The van der Waals surface area contributed by atoms with Crippen LogP contribution in [0.2, 0.25) is 0 Å². The number of aromatic amines is 1. The SMILES string of the molecule is Cc1cccc2c1[nH]c(=S)n2Cc1ccncn1. The summed E-state index contributed by atoms with van der Waals surface area (Å²) in [6.07, 6.45) is 3.30. The number of para-hydroxylation sites is 1. The molecular formula is C13H12N4S. The summed E-state index contributed by atoms with van der Waals surface area (Å²) in [7, 11) is 0. The van der Waals surface area contributed by atoms with E-state index in [1.54, 1.807) is 12.5 Å². The first-order valence-corrected chi connectivity index (χ1v) is 6.09. The summed E-state index contributed by atoms with van der Waals surface area (Å²) in [4.78, 5) is 11.4. The minimum absolute atomic E-state index is 0.658. The lowest BCUT2D eigenvalue weighted by molar-refractivity contribution is 0.780. The lowest BCUT2D eigenvalue weighted by atomic mass is 10.2. The van der Waals surface area contributed by atoms with Crippen molar-refractivity contribution in [2.24, 2.45) is 0 Å². The van der Waals surface area contributed by atoms with Gasteiger partial charge in [0, 0.05) is 6.20 Å². The maximum Gasteiger partial charge on any atom is 0.178 e. The lowest BCUT2D eigenvalue weighted by Crippen LogP contribution is -2.01. The molecule has 18 heavy (non-hydrogen) atoms. The summed E-state index contributed by atoms with van der Waals surface area (Å²) >= 11 is 5.38. The number of H-pyrrole nitrogens is 1. The van der Waals surface area contributed by atoms with Crippen molar-refractivity contribution in [1.29, 1.82) is 0 Å². The Morgan fingerprint density at radius 2 is 2.22 bits per heavy atom. The zero-order valence-corrected chi connectivity index (χ0v) is 10.7. The molecule has 3 aromatic rings. The zero-order valence-electron chi connectivity index (χ0n) is 9.92. The van der Waals surface area contributed by atoms with Gasteiger partial charge in [-0.15, -0.1) is 0 Å². The number of nitrogens with zero attached hydrogens (tertiary/aromatic N) is 3. The fraction of sp³-hybridized carbons (Fsp3) is 0.154. The topological polar surface area (TPSA) is 46.5 Å². The molecule has 0 unspecified atom stereocenters. The number of aromatic nitrogens is 4. The average molecular weight is 256 g/mol. The van der Waals surface area contributed by atoms with Crippen LogP contribution in [0, 0.1) is 11.7 Å². The Hall–Kier alpha value is -2.01. The molecule has 0 amide bonds. The summed E-state index contributed by atoms with van der Waals surface area (Å²) in [6.45, 7) is 2.73. The highest BCUT2D eigenvalue weighted by Crippen LogP contribution is 2.18. The normalized spacial score (nSPS) is 10.9. The van der Waals surface area contributed by atoms with E-state index >= 15 is 0 Å². The Kier molecular flexibility index (Phi) is 2.68. The van der Waals surface area contributed by atoms with Crippen molar-refractivity contribution in [3.05, 3.63) is 52.8 Å². The van der Waals surface area contributed by atoms with Crippen molar-refractivity contribution >= 4 is 23.3 Å². The third kappa shape index (κ3) is 1.82. The van der Waals surface area contributed by atoms with Crippen molar-refractivity contribution in [3.63, 3.8) is 0 Å². The van der Waals surface area contributed by atoms with E-state index in [1.165, 1.54) is 5.56 Å². The molecule has 0 fully saturated rings. The maximum atomic E-state index is 5.38. The molecule has 0 radical (unpaired) electrons. The molecule has 2 heterocycles. The fourth-order valence-corrected chi connectivity index (χ4v) is 2.32. The first-order valence-electron chi connectivity index (χ1n) is 5.69. The second-order valence-electron chi connectivity index (χ2n) is 4.19. The number of nitrogens with one attached hydrogen (secondary N) is 1. The Bertz CT molecular complexity index is 743. The molecule has 0 saturated carbocycles. The van der Waals surface area contributed by atoms with Gasteiger partial charge in [0.1, 0.15) is 6.33 Å². The standard InChI is InChI=1S/C13H12N4S/c1-9-3-2-4-11-12(9)16-13(18)17(11)7-10-5-6-14-8-15-10/h2-6,8H,7H2,1H3,(H,16,18).